The minimum absolute atomic E-state index is 0.0544. The van der Waals surface area contributed by atoms with Crippen LogP contribution in [0.3, 0.4) is 0 Å². The van der Waals surface area contributed by atoms with E-state index in [2.05, 4.69) is 0 Å². The molecule has 6 nitrogen and oxygen atoms in total. The number of carbonyl (C=O) groups excluding carboxylic acids is 2. The molecule has 0 radical (unpaired) electrons. The van der Waals surface area contributed by atoms with Gasteiger partial charge in [-0.05, 0) is 26.3 Å². The monoisotopic (exact) mass is 291 g/mol. The van der Waals surface area contributed by atoms with E-state index < -0.39 is 16.8 Å². The van der Waals surface area contributed by atoms with Crippen LogP contribution >= 0.6 is 0 Å². The first-order valence-electron chi connectivity index (χ1n) is 6.45. The molecular formula is C15H17NO5. The lowest BCUT2D eigenvalue weighted by molar-refractivity contribution is -0.384. The lowest BCUT2D eigenvalue weighted by atomic mass is 10.0. The molecule has 0 N–H and O–H groups in total. The molecule has 0 bridgehead atoms. The highest BCUT2D eigenvalue weighted by Gasteiger charge is 2.22. The van der Waals surface area contributed by atoms with E-state index in [9.17, 15) is 19.7 Å². The molecule has 1 rings (SSSR count). The van der Waals surface area contributed by atoms with Crippen LogP contribution in [0.2, 0.25) is 0 Å². The number of rotatable bonds is 6. The number of nitrogens with zero attached hydrogens (tertiary/aromatic N) is 1. The Hall–Kier alpha value is -2.50. The van der Waals surface area contributed by atoms with Crippen molar-refractivity contribution in [3.8, 4) is 0 Å². The second-order valence-electron chi connectivity index (χ2n) is 4.79. The van der Waals surface area contributed by atoms with Crippen molar-refractivity contribution in [3.05, 3.63) is 46.0 Å². The highest BCUT2D eigenvalue weighted by atomic mass is 16.6. The van der Waals surface area contributed by atoms with E-state index in [1.165, 1.54) is 37.3 Å². The molecule has 0 saturated heterocycles. The predicted octanol–water partition coefficient (Wildman–Crippen LogP) is 2.76. The van der Waals surface area contributed by atoms with Gasteiger partial charge in [-0.2, -0.15) is 0 Å². The summed E-state index contributed by atoms with van der Waals surface area (Å²) in [6.45, 7) is 4.68. The number of hydrogen-bond acceptors (Lipinski definition) is 5. The van der Waals surface area contributed by atoms with E-state index in [0.717, 1.165) is 0 Å². The lowest BCUT2D eigenvalue weighted by Crippen LogP contribution is -2.24. The topological polar surface area (TPSA) is 86.5 Å². The average Bonchev–Trinajstić information content (AvgIpc) is 2.37. The minimum Gasteiger partial charge on any atom is -0.462 e. The first-order valence-corrected chi connectivity index (χ1v) is 6.45. The molecule has 1 aromatic rings. The normalized spacial score (nSPS) is 12.4. The maximum atomic E-state index is 11.8. The molecular weight excluding hydrogens is 274 g/mol. The van der Waals surface area contributed by atoms with E-state index >= 15 is 0 Å². The fraction of sp³-hybridized carbons (Fsp3) is 0.333. The molecule has 0 spiro atoms. The lowest BCUT2D eigenvalue weighted by Gasteiger charge is -2.12. The maximum Gasteiger partial charge on any atom is 0.320 e. The number of carbonyl (C=O) groups is 2. The van der Waals surface area contributed by atoms with Gasteiger partial charge in [0.15, 0.2) is 0 Å². The van der Waals surface area contributed by atoms with Crippen LogP contribution in [-0.4, -0.2) is 22.8 Å². The van der Waals surface area contributed by atoms with Crippen LogP contribution in [0.4, 0.5) is 5.69 Å². The number of Topliss-reactive ketones (excluding diaryl/α,β-unsaturated/α-hetero) is 1. The Balaban J connectivity index is 2.93. The van der Waals surface area contributed by atoms with Crippen LogP contribution in [0, 0.1) is 16.0 Å². The van der Waals surface area contributed by atoms with Crippen LogP contribution in [0.15, 0.2) is 30.3 Å². The Morgan fingerprint density at radius 3 is 2.52 bits per heavy atom. The molecule has 6 heteroatoms. The van der Waals surface area contributed by atoms with Gasteiger partial charge in [-0.15, -0.1) is 0 Å². The number of ketones is 1. The van der Waals surface area contributed by atoms with Gasteiger partial charge in [0.25, 0.3) is 5.69 Å². The van der Waals surface area contributed by atoms with Gasteiger partial charge in [0.1, 0.15) is 11.7 Å². The van der Waals surface area contributed by atoms with E-state index in [4.69, 9.17) is 4.74 Å². The second-order valence-corrected chi connectivity index (χ2v) is 4.79. The van der Waals surface area contributed by atoms with Crippen molar-refractivity contribution < 1.29 is 19.2 Å². The van der Waals surface area contributed by atoms with E-state index in [0.29, 0.717) is 5.56 Å². The van der Waals surface area contributed by atoms with Crippen LogP contribution < -0.4 is 0 Å². The summed E-state index contributed by atoms with van der Waals surface area (Å²) in [4.78, 5) is 33.5. The summed E-state index contributed by atoms with van der Waals surface area (Å²) in [6.07, 6.45) is 2.58. The van der Waals surface area contributed by atoms with Crippen molar-refractivity contribution >= 4 is 23.5 Å². The van der Waals surface area contributed by atoms with Crippen molar-refractivity contribution in [2.45, 2.75) is 26.9 Å². The number of ether oxygens (including phenoxy) is 1. The van der Waals surface area contributed by atoms with Gasteiger partial charge in [0, 0.05) is 12.1 Å². The predicted molar refractivity (Wildman–Crippen MR) is 77.5 cm³/mol. The number of esters is 1. The number of non-ortho nitro benzene ring substituents is 1. The zero-order valence-corrected chi connectivity index (χ0v) is 12.1. The third kappa shape index (κ3) is 5.18. The summed E-state index contributed by atoms with van der Waals surface area (Å²) < 4.78 is 5.00. The number of benzene rings is 1. The van der Waals surface area contributed by atoms with Crippen LogP contribution in [0.25, 0.3) is 6.08 Å². The van der Waals surface area contributed by atoms with Crippen molar-refractivity contribution in [2.75, 3.05) is 0 Å². The Morgan fingerprint density at radius 2 is 2.00 bits per heavy atom. The van der Waals surface area contributed by atoms with Gasteiger partial charge < -0.3 is 4.74 Å². The molecule has 0 aliphatic carbocycles. The van der Waals surface area contributed by atoms with Crippen molar-refractivity contribution in [2.24, 2.45) is 5.92 Å². The molecule has 1 atom stereocenters. The zero-order chi connectivity index (χ0) is 16.0. The van der Waals surface area contributed by atoms with E-state index in [1.807, 2.05) is 0 Å². The Labute approximate surface area is 122 Å². The summed E-state index contributed by atoms with van der Waals surface area (Å²) in [7, 11) is 0. The molecule has 1 unspecified atom stereocenters. The molecule has 0 aromatic heterocycles. The van der Waals surface area contributed by atoms with Gasteiger partial charge in [0.2, 0.25) is 0 Å². The Bertz CT molecular complexity index is 577. The molecule has 0 saturated carbocycles. The first-order chi connectivity index (χ1) is 9.81. The SMILES string of the molecule is CC(=O)C(C=Cc1cccc([N+](=O)[O-])c1)C(=O)OC(C)C. The summed E-state index contributed by atoms with van der Waals surface area (Å²) in [5.74, 6) is -1.98. The minimum atomic E-state index is -1.01. The van der Waals surface area contributed by atoms with Gasteiger partial charge in [-0.25, -0.2) is 0 Å². The second kappa shape index (κ2) is 7.33. The summed E-state index contributed by atoms with van der Waals surface area (Å²) in [5, 5.41) is 10.7. The number of hydrogen-bond donors (Lipinski definition) is 0. The van der Waals surface area contributed by atoms with Gasteiger partial charge in [0.05, 0.1) is 11.0 Å². The third-order valence-corrected chi connectivity index (χ3v) is 2.61. The first kappa shape index (κ1) is 16.6. The fourth-order valence-electron chi connectivity index (χ4n) is 1.64. The number of nitro benzene ring substituents is 1. The fourth-order valence-corrected chi connectivity index (χ4v) is 1.64. The van der Waals surface area contributed by atoms with Crippen LogP contribution in [0.5, 0.6) is 0 Å². The van der Waals surface area contributed by atoms with Crippen molar-refractivity contribution in [1.82, 2.24) is 0 Å². The molecule has 21 heavy (non-hydrogen) atoms. The highest BCUT2D eigenvalue weighted by Crippen LogP contribution is 2.16. The Kier molecular flexibility index (Phi) is 5.78. The largest absolute Gasteiger partial charge is 0.462 e. The molecule has 0 fully saturated rings. The van der Waals surface area contributed by atoms with E-state index in [1.54, 1.807) is 19.9 Å². The van der Waals surface area contributed by atoms with Crippen LogP contribution in [-0.2, 0) is 14.3 Å². The smallest absolute Gasteiger partial charge is 0.320 e. The van der Waals surface area contributed by atoms with E-state index in [-0.39, 0.29) is 17.6 Å². The maximum absolute atomic E-state index is 11.8. The summed E-state index contributed by atoms with van der Waals surface area (Å²) in [5.41, 5.74) is 0.481. The summed E-state index contributed by atoms with van der Waals surface area (Å²) in [6, 6.07) is 5.91. The molecule has 0 aliphatic heterocycles. The average molecular weight is 291 g/mol. The molecule has 112 valence electrons. The molecule has 0 amide bonds. The molecule has 0 aliphatic rings. The van der Waals surface area contributed by atoms with Gasteiger partial charge in [-0.3, -0.25) is 19.7 Å². The van der Waals surface area contributed by atoms with Crippen LogP contribution in [0.1, 0.15) is 26.3 Å². The Morgan fingerprint density at radius 1 is 1.33 bits per heavy atom. The van der Waals surface area contributed by atoms with Crippen molar-refractivity contribution in [3.63, 3.8) is 0 Å². The van der Waals surface area contributed by atoms with Gasteiger partial charge in [-0.1, -0.05) is 24.3 Å². The quantitative estimate of drug-likeness (QED) is 0.348. The summed E-state index contributed by atoms with van der Waals surface area (Å²) >= 11 is 0. The third-order valence-electron chi connectivity index (χ3n) is 2.61. The standard InChI is InChI=1S/C15H17NO5/c1-10(2)21-15(18)14(11(3)17)8-7-12-5-4-6-13(9-12)16(19)20/h4-10,14H,1-3H3. The molecule has 1 aromatic carbocycles. The highest BCUT2D eigenvalue weighted by molar-refractivity contribution is 6.00. The zero-order valence-electron chi connectivity index (χ0n) is 12.1. The molecule has 0 heterocycles. The van der Waals surface area contributed by atoms with Crippen molar-refractivity contribution in [1.29, 1.82) is 0 Å². The van der Waals surface area contributed by atoms with Gasteiger partial charge >= 0.3 is 5.97 Å². The number of nitro groups is 1.